The molecule has 0 spiro atoms. The van der Waals surface area contributed by atoms with Crippen LogP contribution in [-0.4, -0.2) is 18.8 Å². The quantitative estimate of drug-likeness (QED) is 0.833. The molecule has 0 aliphatic carbocycles. The van der Waals surface area contributed by atoms with E-state index in [4.69, 9.17) is 0 Å². The third kappa shape index (κ3) is 5.73. The molecule has 0 heterocycles. The normalized spacial score (nSPS) is 15.6. The average molecular weight is 245 g/mol. The number of benzene rings is 1. The Bertz CT molecular complexity index is 321. The maximum absolute atomic E-state index is 12.1. The minimum absolute atomic E-state index is 0.215. The van der Waals surface area contributed by atoms with E-state index >= 15 is 0 Å². The van der Waals surface area contributed by atoms with Crippen LogP contribution in [0.4, 0.5) is 13.2 Å². The van der Waals surface area contributed by atoms with Crippen LogP contribution in [0.1, 0.15) is 31.7 Å². The Kier molecular flexibility index (Phi) is 5.00. The Hall–Kier alpha value is -1.03. The van der Waals surface area contributed by atoms with Crippen LogP contribution in [0, 0.1) is 0 Å². The topological polar surface area (TPSA) is 12.0 Å². The molecule has 1 rings (SSSR count). The molecule has 1 N–H and O–H groups in total. The summed E-state index contributed by atoms with van der Waals surface area (Å²) in [6, 6.07) is 9.23. The minimum Gasteiger partial charge on any atom is -0.313 e. The van der Waals surface area contributed by atoms with Crippen molar-refractivity contribution in [3.05, 3.63) is 35.9 Å². The van der Waals surface area contributed by atoms with Gasteiger partial charge in [-0.3, -0.25) is 0 Å². The zero-order chi connectivity index (χ0) is 12.9. The van der Waals surface area contributed by atoms with Crippen molar-refractivity contribution in [2.45, 2.75) is 38.4 Å². The summed E-state index contributed by atoms with van der Waals surface area (Å²) in [7, 11) is 0. The standard InChI is InChI=1S/C13H18F3N/c1-10(12-6-4-3-5-7-12)9-17-11(2)8-13(14,15)16/h3-7,10-11,17H,8-9H2,1-2H3. The Morgan fingerprint density at radius 1 is 1.12 bits per heavy atom. The van der Waals surface area contributed by atoms with Crippen LogP contribution in [0.5, 0.6) is 0 Å². The number of halogens is 3. The van der Waals surface area contributed by atoms with E-state index in [1.54, 1.807) is 6.92 Å². The summed E-state index contributed by atoms with van der Waals surface area (Å²) >= 11 is 0. The van der Waals surface area contributed by atoms with Crippen LogP contribution in [0.3, 0.4) is 0 Å². The second kappa shape index (κ2) is 6.05. The molecule has 0 aliphatic rings. The van der Waals surface area contributed by atoms with Gasteiger partial charge in [-0.05, 0) is 18.4 Å². The van der Waals surface area contributed by atoms with Crippen LogP contribution >= 0.6 is 0 Å². The Morgan fingerprint density at radius 2 is 1.71 bits per heavy atom. The lowest BCUT2D eigenvalue weighted by atomic mass is 10.0. The maximum atomic E-state index is 12.1. The molecule has 0 fully saturated rings. The molecule has 2 atom stereocenters. The number of hydrogen-bond acceptors (Lipinski definition) is 1. The second-order valence-electron chi connectivity index (χ2n) is 4.44. The van der Waals surface area contributed by atoms with E-state index in [1.807, 2.05) is 37.3 Å². The fourth-order valence-electron chi connectivity index (χ4n) is 1.70. The Morgan fingerprint density at radius 3 is 2.24 bits per heavy atom. The van der Waals surface area contributed by atoms with E-state index in [0.717, 1.165) is 5.56 Å². The maximum Gasteiger partial charge on any atom is 0.390 e. The smallest absolute Gasteiger partial charge is 0.313 e. The van der Waals surface area contributed by atoms with Crippen molar-refractivity contribution in [1.29, 1.82) is 0 Å². The summed E-state index contributed by atoms with van der Waals surface area (Å²) in [6.45, 7) is 4.12. The summed E-state index contributed by atoms with van der Waals surface area (Å²) in [5, 5.41) is 2.92. The molecule has 0 bridgehead atoms. The molecule has 0 saturated carbocycles. The van der Waals surface area contributed by atoms with Crippen molar-refractivity contribution in [2.75, 3.05) is 6.54 Å². The SMILES string of the molecule is CC(CC(F)(F)F)NCC(C)c1ccccc1. The van der Waals surface area contributed by atoms with Crippen LogP contribution in [0.15, 0.2) is 30.3 Å². The summed E-state index contributed by atoms with van der Waals surface area (Å²) in [5.74, 6) is 0.215. The van der Waals surface area contributed by atoms with Crippen LogP contribution in [0.2, 0.25) is 0 Å². The van der Waals surface area contributed by atoms with Crippen molar-refractivity contribution in [3.63, 3.8) is 0 Å². The van der Waals surface area contributed by atoms with Gasteiger partial charge in [-0.1, -0.05) is 37.3 Å². The molecule has 2 unspecified atom stereocenters. The van der Waals surface area contributed by atoms with E-state index in [1.165, 1.54) is 0 Å². The Balaban J connectivity index is 2.36. The molecule has 0 saturated heterocycles. The van der Waals surface area contributed by atoms with E-state index in [-0.39, 0.29) is 5.92 Å². The van der Waals surface area contributed by atoms with E-state index in [0.29, 0.717) is 6.54 Å². The first-order chi connectivity index (χ1) is 7.88. The zero-order valence-corrected chi connectivity index (χ0v) is 10.1. The summed E-state index contributed by atoms with van der Waals surface area (Å²) in [4.78, 5) is 0. The van der Waals surface area contributed by atoms with Gasteiger partial charge in [-0.15, -0.1) is 0 Å². The van der Waals surface area contributed by atoms with Crippen LogP contribution in [0.25, 0.3) is 0 Å². The number of alkyl halides is 3. The van der Waals surface area contributed by atoms with Gasteiger partial charge in [0, 0.05) is 12.6 Å². The van der Waals surface area contributed by atoms with Gasteiger partial charge >= 0.3 is 6.18 Å². The molecular weight excluding hydrogens is 227 g/mol. The number of rotatable bonds is 5. The van der Waals surface area contributed by atoms with Gasteiger partial charge in [0.2, 0.25) is 0 Å². The largest absolute Gasteiger partial charge is 0.390 e. The number of nitrogens with one attached hydrogen (secondary N) is 1. The van der Waals surface area contributed by atoms with Gasteiger partial charge < -0.3 is 5.32 Å². The fourth-order valence-corrected chi connectivity index (χ4v) is 1.70. The van der Waals surface area contributed by atoms with E-state index in [2.05, 4.69) is 5.32 Å². The first kappa shape index (κ1) is 14.0. The minimum atomic E-state index is -4.09. The summed E-state index contributed by atoms with van der Waals surface area (Å²) < 4.78 is 36.3. The van der Waals surface area contributed by atoms with Gasteiger partial charge in [0.05, 0.1) is 6.42 Å². The molecule has 96 valence electrons. The highest BCUT2D eigenvalue weighted by Crippen LogP contribution is 2.21. The lowest BCUT2D eigenvalue weighted by Gasteiger charge is -2.19. The molecule has 0 amide bonds. The van der Waals surface area contributed by atoms with Gasteiger partial charge in [0.25, 0.3) is 0 Å². The molecule has 1 aromatic carbocycles. The van der Waals surface area contributed by atoms with Crippen molar-refractivity contribution in [3.8, 4) is 0 Å². The highest BCUT2D eigenvalue weighted by Gasteiger charge is 2.29. The molecule has 17 heavy (non-hydrogen) atoms. The molecule has 0 aliphatic heterocycles. The summed E-state index contributed by atoms with van der Waals surface area (Å²) in [5.41, 5.74) is 1.14. The summed E-state index contributed by atoms with van der Waals surface area (Å²) in [6.07, 6.45) is -4.88. The lowest BCUT2D eigenvalue weighted by molar-refractivity contribution is -0.139. The highest BCUT2D eigenvalue weighted by molar-refractivity contribution is 5.18. The van der Waals surface area contributed by atoms with Crippen molar-refractivity contribution in [2.24, 2.45) is 0 Å². The predicted octanol–water partition coefficient (Wildman–Crippen LogP) is 3.72. The first-order valence-corrected chi connectivity index (χ1v) is 5.73. The van der Waals surface area contributed by atoms with E-state index in [9.17, 15) is 13.2 Å². The van der Waals surface area contributed by atoms with E-state index < -0.39 is 18.6 Å². The second-order valence-corrected chi connectivity index (χ2v) is 4.44. The lowest BCUT2D eigenvalue weighted by Crippen LogP contribution is -2.33. The highest BCUT2D eigenvalue weighted by atomic mass is 19.4. The average Bonchev–Trinajstić information content (AvgIpc) is 2.25. The molecule has 0 radical (unpaired) electrons. The predicted molar refractivity (Wildman–Crippen MR) is 63.0 cm³/mol. The monoisotopic (exact) mass is 245 g/mol. The van der Waals surface area contributed by atoms with Crippen LogP contribution in [-0.2, 0) is 0 Å². The van der Waals surface area contributed by atoms with Gasteiger partial charge in [-0.25, -0.2) is 0 Å². The molecule has 1 aromatic rings. The third-order valence-electron chi connectivity index (χ3n) is 2.68. The van der Waals surface area contributed by atoms with Crippen LogP contribution < -0.4 is 5.32 Å². The number of hydrogen-bond donors (Lipinski definition) is 1. The van der Waals surface area contributed by atoms with Gasteiger partial charge in [0.15, 0.2) is 0 Å². The molecule has 4 heteroatoms. The molecular formula is C13H18F3N. The molecule has 0 aromatic heterocycles. The fraction of sp³-hybridized carbons (Fsp3) is 0.538. The van der Waals surface area contributed by atoms with Gasteiger partial charge in [0.1, 0.15) is 0 Å². The van der Waals surface area contributed by atoms with Crippen molar-refractivity contribution < 1.29 is 13.2 Å². The first-order valence-electron chi connectivity index (χ1n) is 5.73. The van der Waals surface area contributed by atoms with Gasteiger partial charge in [-0.2, -0.15) is 13.2 Å². The Labute approximate surface area is 100 Å². The van der Waals surface area contributed by atoms with Crippen molar-refractivity contribution >= 4 is 0 Å². The zero-order valence-electron chi connectivity index (χ0n) is 10.1. The third-order valence-corrected chi connectivity index (χ3v) is 2.68. The molecule has 1 nitrogen and oxygen atoms in total. The van der Waals surface area contributed by atoms with Crippen molar-refractivity contribution in [1.82, 2.24) is 5.32 Å².